The number of benzene rings is 2. The molecule has 1 aliphatic rings. The summed E-state index contributed by atoms with van der Waals surface area (Å²) in [4.78, 5) is 29.0. The molecule has 0 radical (unpaired) electrons. The van der Waals surface area contributed by atoms with Gasteiger partial charge in [-0.2, -0.15) is 13.2 Å². The van der Waals surface area contributed by atoms with Crippen LogP contribution in [0.1, 0.15) is 34.1 Å². The quantitative estimate of drug-likeness (QED) is 0.314. The van der Waals surface area contributed by atoms with Crippen molar-refractivity contribution in [2.24, 2.45) is 0 Å². The molecule has 0 atom stereocenters. The van der Waals surface area contributed by atoms with Crippen molar-refractivity contribution in [1.82, 2.24) is 14.9 Å². The number of fused-ring (bicyclic) bond motifs is 1. The van der Waals surface area contributed by atoms with Crippen molar-refractivity contribution in [2.45, 2.75) is 26.1 Å². The minimum absolute atomic E-state index is 0.0187. The molecule has 200 valence electrons. The number of aromatic nitrogens is 2. The minimum atomic E-state index is -4.71. The Morgan fingerprint density at radius 1 is 1.03 bits per heavy atom. The normalized spacial score (nSPS) is 13.1. The summed E-state index contributed by atoms with van der Waals surface area (Å²) in [5.74, 6) is -2.06. The number of pyridine rings is 1. The van der Waals surface area contributed by atoms with Gasteiger partial charge in [0.2, 0.25) is 5.91 Å². The first kappa shape index (κ1) is 26.1. The number of alkyl halides is 3. The predicted molar refractivity (Wildman–Crippen MR) is 134 cm³/mol. The van der Waals surface area contributed by atoms with Crippen molar-refractivity contribution < 1.29 is 31.5 Å². The fourth-order valence-corrected chi connectivity index (χ4v) is 4.78. The van der Waals surface area contributed by atoms with Crippen molar-refractivity contribution in [3.8, 4) is 22.4 Å². The van der Waals surface area contributed by atoms with Gasteiger partial charge in [-0.05, 0) is 42.0 Å². The minimum Gasteiger partial charge on any atom is -0.352 e. The number of carbonyl (C=O) groups is 2. The summed E-state index contributed by atoms with van der Waals surface area (Å²) < 4.78 is 69.9. The number of carbonyl (C=O) groups excluding carboxylic acids is 2. The van der Waals surface area contributed by atoms with Gasteiger partial charge in [-0.1, -0.05) is 18.2 Å². The van der Waals surface area contributed by atoms with E-state index < -0.39 is 23.4 Å². The molecule has 0 unspecified atom stereocenters. The van der Waals surface area contributed by atoms with Gasteiger partial charge in [-0.15, -0.1) is 0 Å². The van der Waals surface area contributed by atoms with E-state index in [2.05, 4.69) is 15.6 Å². The number of rotatable bonds is 5. The summed E-state index contributed by atoms with van der Waals surface area (Å²) in [6.45, 7) is 1.42. The fraction of sp³-hybridized carbons (Fsp3) is 0.179. The standard InChI is InChI=1S/C28H21F5N4O2/c1-15(38)36-23-12-17(8-10-34-23)26-24(16-3-6-20(29)7-4-16)25-22(9-11-35-27(25)39)37(26)14-18-2-5-19(13-21(18)30)28(31,32)33/h2-8,10,12-13H,9,11,14H2,1H3,(H,35,39)(H,34,36,38). The molecule has 3 heterocycles. The Hall–Kier alpha value is -4.54. The summed E-state index contributed by atoms with van der Waals surface area (Å²) in [5.41, 5.74) is 1.60. The molecule has 4 aromatic rings. The monoisotopic (exact) mass is 540 g/mol. The Balaban J connectivity index is 1.77. The highest BCUT2D eigenvalue weighted by atomic mass is 19.4. The van der Waals surface area contributed by atoms with Crippen LogP contribution in [0.4, 0.5) is 27.8 Å². The Bertz CT molecular complexity index is 1590. The fourth-order valence-electron chi connectivity index (χ4n) is 4.78. The largest absolute Gasteiger partial charge is 0.416 e. The molecule has 2 amide bonds. The van der Waals surface area contributed by atoms with Crippen molar-refractivity contribution in [3.63, 3.8) is 0 Å². The molecule has 1 aliphatic heterocycles. The van der Waals surface area contributed by atoms with Crippen LogP contribution in [0.2, 0.25) is 0 Å². The van der Waals surface area contributed by atoms with Crippen LogP contribution >= 0.6 is 0 Å². The third-order valence-corrected chi connectivity index (χ3v) is 6.42. The van der Waals surface area contributed by atoms with E-state index in [4.69, 9.17) is 0 Å². The number of halogens is 5. The lowest BCUT2D eigenvalue weighted by atomic mass is 9.95. The molecular weight excluding hydrogens is 519 g/mol. The van der Waals surface area contributed by atoms with Crippen LogP contribution in [0.5, 0.6) is 0 Å². The molecule has 0 fully saturated rings. The van der Waals surface area contributed by atoms with Crippen LogP contribution in [0.3, 0.4) is 0 Å². The van der Waals surface area contributed by atoms with Crippen molar-refractivity contribution in [1.29, 1.82) is 0 Å². The lowest BCUT2D eigenvalue weighted by Gasteiger charge is -2.18. The van der Waals surface area contributed by atoms with Gasteiger partial charge >= 0.3 is 6.18 Å². The van der Waals surface area contributed by atoms with Crippen molar-refractivity contribution in [3.05, 3.63) is 94.8 Å². The molecule has 0 saturated heterocycles. The second kappa shape index (κ2) is 9.97. The molecule has 11 heteroatoms. The van der Waals surface area contributed by atoms with Crippen LogP contribution in [0, 0.1) is 11.6 Å². The Labute approximate surface area is 219 Å². The molecule has 0 aliphatic carbocycles. The predicted octanol–water partition coefficient (Wildman–Crippen LogP) is 5.81. The van der Waals surface area contributed by atoms with E-state index >= 15 is 0 Å². The zero-order valence-corrected chi connectivity index (χ0v) is 20.5. The van der Waals surface area contributed by atoms with Gasteiger partial charge < -0.3 is 15.2 Å². The summed E-state index contributed by atoms with van der Waals surface area (Å²) in [7, 11) is 0. The van der Waals surface area contributed by atoms with Gasteiger partial charge in [0.1, 0.15) is 17.5 Å². The maximum Gasteiger partial charge on any atom is 0.416 e. The summed E-state index contributed by atoms with van der Waals surface area (Å²) in [5, 5.41) is 5.39. The number of hydrogen-bond acceptors (Lipinski definition) is 3. The maximum atomic E-state index is 15.0. The van der Waals surface area contributed by atoms with E-state index in [0.29, 0.717) is 52.7 Å². The average Bonchev–Trinajstić information content (AvgIpc) is 3.20. The lowest BCUT2D eigenvalue weighted by Crippen LogP contribution is -2.32. The highest BCUT2D eigenvalue weighted by Gasteiger charge is 2.33. The van der Waals surface area contributed by atoms with Gasteiger partial charge in [-0.3, -0.25) is 9.59 Å². The van der Waals surface area contributed by atoms with E-state index in [1.54, 1.807) is 16.7 Å². The molecule has 0 spiro atoms. The summed E-state index contributed by atoms with van der Waals surface area (Å²) >= 11 is 0. The van der Waals surface area contributed by atoms with Crippen LogP contribution < -0.4 is 10.6 Å². The molecule has 5 rings (SSSR count). The Morgan fingerprint density at radius 2 is 1.77 bits per heavy atom. The SMILES string of the molecule is CC(=O)Nc1cc(-c2c(-c3ccc(F)cc3)c3c(n2Cc2ccc(C(F)(F)F)cc2F)CCNC3=O)ccn1. The molecule has 2 N–H and O–H groups in total. The first-order valence-electron chi connectivity index (χ1n) is 11.9. The Morgan fingerprint density at radius 3 is 2.44 bits per heavy atom. The van der Waals surface area contributed by atoms with Crippen LogP contribution in [0.25, 0.3) is 22.4 Å². The third kappa shape index (κ3) is 5.12. The van der Waals surface area contributed by atoms with Crippen LogP contribution in [0.15, 0.2) is 60.8 Å². The smallest absolute Gasteiger partial charge is 0.352 e. The van der Waals surface area contributed by atoms with E-state index in [9.17, 15) is 31.5 Å². The van der Waals surface area contributed by atoms with Crippen LogP contribution in [-0.4, -0.2) is 27.9 Å². The van der Waals surface area contributed by atoms with Crippen molar-refractivity contribution in [2.75, 3.05) is 11.9 Å². The number of nitrogens with zero attached hydrogens (tertiary/aromatic N) is 2. The van der Waals surface area contributed by atoms with E-state index in [0.717, 1.165) is 12.1 Å². The zero-order valence-electron chi connectivity index (χ0n) is 20.5. The number of anilines is 1. The molecule has 6 nitrogen and oxygen atoms in total. The van der Waals surface area contributed by atoms with Gasteiger partial charge in [0.05, 0.1) is 23.4 Å². The van der Waals surface area contributed by atoms with Gasteiger partial charge in [0.25, 0.3) is 5.91 Å². The van der Waals surface area contributed by atoms with E-state index in [-0.39, 0.29) is 29.7 Å². The lowest BCUT2D eigenvalue weighted by molar-refractivity contribution is -0.137. The van der Waals surface area contributed by atoms with E-state index in [1.165, 1.54) is 37.4 Å². The zero-order chi connectivity index (χ0) is 27.9. The molecule has 0 bridgehead atoms. The summed E-state index contributed by atoms with van der Waals surface area (Å²) in [6, 6.07) is 11.0. The van der Waals surface area contributed by atoms with E-state index in [1.807, 2.05) is 0 Å². The first-order chi connectivity index (χ1) is 18.5. The second-order valence-electron chi connectivity index (χ2n) is 9.06. The molecule has 39 heavy (non-hydrogen) atoms. The second-order valence-corrected chi connectivity index (χ2v) is 9.06. The summed E-state index contributed by atoms with van der Waals surface area (Å²) in [6.07, 6.45) is -2.90. The van der Waals surface area contributed by atoms with Gasteiger partial charge in [0.15, 0.2) is 0 Å². The third-order valence-electron chi connectivity index (χ3n) is 6.42. The van der Waals surface area contributed by atoms with Crippen LogP contribution in [-0.2, 0) is 23.9 Å². The molecule has 2 aromatic heterocycles. The number of amides is 2. The number of hydrogen-bond donors (Lipinski definition) is 2. The molecule has 2 aromatic carbocycles. The highest BCUT2D eigenvalue weighted by molar-refractivity contribution is 6.07. The highest BCUT2D eigenvalue weighted by Crippen LogP contribution is 2.42. The van der Waals surface area contributed by atoms with Gasteiger partial charge in [0, 0.05) is 48.5 Å². The number of nitrogens with one attached hydrogen (secondary N) is 2. The first-order valence-corrected chi connectivity index (χ1v) is 11.9. The Kier molecular flexibility index (Phi) is 6.67. The van der Waals surface area contributed by atoms with Gasteiger partial charge in [-0.25, -0.2) is 13.8 Å². The topological polar surface area (TPSA) is 76.0 Å². The molecule has 0 saturated carbocycles. The maximum absolute atomic E-state index is 15.0. The average molecular weight is 540 g/mol. The molecular formula is C28H21F5N4O2. The van der Waals surface area contributed by atoms with Crippen molar-refractivity contribution >= 4 is 17.6 Å².